The lowest BCUT2D eigenvalue weighted by Gasteiger charge is -2.34. The van der Waals surface area contributed by atoms with E-state index in [0.29, 0.717) is 18.6 Å². The van der Waals surface area contributed by atoms with Crippen LogP contribution >= 0.6 is 0 Å². The van der Waals surface area contributed by atoms with Crippen molar-refractivity contribution in [1.29, 1.82) is 0 Å². The number of benzene rings is 1. The highest BCUT2D eigenvalue weighted by molar-refractivity contribution is 5.69. The molecular formula is C20H32O3. The SMILES string of the molecule is COC(=O)CCc1cc(C(C)(C)CC(C)(C)C)c(O)c(C)c1C. The highest BCUT2D eigenvalue weighted by Crippen LogP contribution is 2.42. The van der Waals surface area contributed by atoms with Gasteiger partial charge >= 0.3 is 5.97 Å². The Morgan fingerprint density at radius 3 is 2.17 bits per heavy atom. The van der Waals surface area contributed by atoms with Gasteiger partial charge in [0.05, 0.1) is 7.11 Å². The Bertz CT molecular complexity index is 578. The lowest BCUT2D eigenvalue weighted by atomic mass is 9.71. The number of carbonyl (C=O) groups excluding carboxylic acids is 1. The fourth-order valence-electron chi connectivity index (χ4n) is 3.51. The molecule has 0 bridgehead atoms. The molecule has 0 radical (unpaired) electrons. The normalized spacial score (nSPS) is 12.3. The molecule has 0 amide bonds. The Labute approximate surface area is 141 Å². The van der Waals surface area contributed by atoms with Crippen LogP contribution in [0.2, 0.25) is 0 Å². The van der Waals surface area contributed by atoms with Crippen molar-refractivity contribution < 1.29 is 14.6 Å². The van der Waals surface area contributed by atoms with Gasteiger partial charge < -0.3 is 9.84 Å². The maximum atomic E-state index is 11.4. The van der Waals surface area contributed by atoms with Crippen LogP contribution in [0.25, 0.3) is 0 Å². The summed E-state index contributed by atoms with van der Waals surface area (Å²) in [5.74, 6) is 0.184. The number of aryl methyl sites for hydroxylation is 1. The number of phenolic OH excluding ortho intramolecular Hbond substituents is 1. The van der Waals surface area contributed by atoms with Gasteiger partial charge in [0.2, 0.25) is 0 Å². The van der Waals surface area contributed by atoms with E-state index in [0.717, 1.165) is 28.7 Å². The van der Waals surface area contributed by atoms with Crippen molar-refractivity contribution in [2.24, 2.45) is 5.41 Å². The fourth-order valence-corrected chi connectivity index (χ4v) is 3.51. The number of rotatable bonds is 5. The molecular weight excluding hydrogens is 288 g/mol. The van der Waals surface area contributed by atoms with E-state index in [1.54, 1.807) is 0 Å². The molecule has 1 aromatic rings. The first-order valence-corrected chi connectivity index (χ1v) is 8.28. The van der Waals surface area contributed by atoms with Crippen LogP contribution in [-0.2, 0) is 21.4 Å². The Morgan fingerprint density at radius 1 is 1.13 bits per heavy atom. The molecule has 3 heteroatoms. The van der Waals surface area contributed by atoms with Gasteiger partial charge in [0, 0.05) is 12.0 Å². The molecule has 0 aromatic heterocycles. The number of carbonyl (C=O) groups is 1. The maximum Gasteiger partial charge on any atom is 0.305 e. The topological polar surface area (TPSA) is 46.5 Å². The Morgan fingerprint density at radius 2 is 1.70 bits per heavy atom. The van der Waals surface area contributed by atoms with Crippen LogP contribution in [0.15, 0.2) is 6.07 Å². The summed E-state index contributed by atoms with van der Waals surface area (Å²) in [5, 5.41) is 10.7. The molecule has 23 heavy (non-hydrogen) atoms. The van der Waals surface area contributed by atoms with E-state index in [-0.39, 0.29) is 16.8 Å². The van der Waals surface area contributed by atoms with E-state index in [2.05, 4.69) is 40.7 Å². The van der Waals surface area contributed by atoms with E-state index in [4.69, 9.17) is 4.74 Å². The predicted molar refractivity (Wildman–Crippen MR) is 95.0 cm³/mol. The number of hydrogen-bond donors (Lipinski definition) is 1. The second-order valence-electron chi connectivity index (χ2n) is 8.38. The van der Waals surface area contributed by atoms with Crippen LogP contribution in [0.3, 0.4) is 0 Å². The smallest absolute Gasteiger partial charge is 0.305 e. The molecule has 0 saturated carbocycles. The molecule has 0 aliphatic rings. The first-order chi connectivity index (χ1) is 10.4. The molecule has 3 nitrogen and oxygen atoms in total. The summed E-state index contributed by atoms with van der Waals surface area (Å²) in [6, 6.07) is 2.08. The highest BCUT2D eigenvalue weighted by atomic mass is 16.5. The van der Waals surface area contributed by atoms with Crippen LogP contribution in [0.4, 0.5) is 0 Å². The largest absolute Gasteiger partial charge is 0.507 e. The van der Waals surface area contributed by atoms with Crippen molar-refractivity contribution in [3.63, 3.8) is 0 Å². The van der Waals surface area contributed by atoms with Gasteiger partial charge in [-0.25, -0.2) is 0 Å². The first kappa shape index (κ1) is 19.5. The molecule has 0 fully saturated rings. The summed E-state index contributed by atoms with van der Waals surface area (Å²) in [6.45, 7) is 14.9. The average molecular weight is 320 g/mol. The molecule has 0 atom stereocenters. The highest BCUT2D eigenvalue weighted by Gasteiger charge is 2.31. The van der Waals surface area contributed by atoms with Crippen LogP contribution in [-0.4, -0.2) is 18.2 Å². The van der Waals surface area contributed by atoms with Crippen LogP contribution in [0.1, 0.15) is 69.7 Å². The van der Waals surface area contributed by atoms with Crippen molar-refractivity contribution in [3.8, 4) is 5.75 Å². The van der Waals surface area contributed by atoms with Gasteiger partial charge in [-0.3, -0.25) is 4.79 Å². The molecule has 1 rings (SSSR count). The van der Waals surface area contributed by atoms with Crippen molar-refractivity contribution >= 4 is 5.97 Å². The summed E-state index contributed by atoms with van der Waals surface area (Å²) >= 11 is 0. The number of esters is 1. The van der Waals surface area contributed by atoms with Crippen LogP contribution in [0, 0.1) is 19.3 Å². The lowest BCUT2D eigenvalue weighted by molar-refractivity contribution is -0.140. The van der Waals surface area contributed by atoms with Gasteiger partial charge in [0.1, 0.15) is 5.75 Å². The van der Waals surface area contributed by atoms with Gasteiger partial charge in [0.25, 0.3) is 0 Å². The van der Waals surface area contributed by atoms with Crippen molar-refractivity contribution in [1.82, 2.24) is 0 Å². The van der Waals surface area contributed by atoms with Gasteiger partial charge in [-0.2, -0.15) is 0 Å². The van der Waals surface area contributed by atoms with Gasteiger partial charge in [-0.1, -0.05) is 40.7 Å². The minimum atomic E-state index is -0.203. The summed E-state index contributed by atoms with van der Waals surface area (Å²) in [4.78, 5) is 11.4. The zero-order chi connectivity index (χ0) is 18.0. The molecule has 0 saturated heterocycles. The van der Waals surface area contributed by atoms with E-state index >= 15 is 0 Å². The fraction of sp³-hybridized carbons (Fsp3) is 0.650. The van der Waals surface area contributed by atoms with E-state index in [1.165, 1.54) is 7.11 Å². The second-order valence-corrected chi connectivity index (χ2v) is 8.38. The second kappa shape index (κ2) is 6.94. The van der Waals surface area contributed by atoms with Crippen molar-refractivity contribution in [2.45, 2.75) is 73.1 Å². The quantitative estimate of drug-likeness (QED) is 0.791. The third kappa shape index (κ3) is 4.98. The van der Waals surface area contributed by atoms with Crippen LogP contribution < -0.4 is 0 Å². The predicted octanol–water partition coefficient (Wildman–Crippen LogP) is 4.83. The number of methoxy groups -OCH3 is 1. The summed E-state index contributed by atoms with van der Waals surface area (Å²) in [6.07, 6.45) is 1.96. The van der Waals surface area contributed by atoms with Gasteiger partial charge in [-0.05, 0) is 54.2 Å². The summed E-state index contributed by atoms with van der Waals surface area (Å²) in [5.41, 5.74) is 4.07. The van der Waals surface area contributed by atoms with E-state index in [9.17, 15) is 9.90 Å². The standard InChI is InChI=1S/C20H32O3/c1-13-14(2)18(22)16(20(6,7)12-19(3,4)5)11-15(13)9-10-17(21)23-8/h11,22H,9-10,12H2,1-8H3. The van der Waals surface area contributed by atoms with Gasteiger partial charge in [0.15, 0.2) is 0 Å². The molecule has 0 aliphatic carbocycles. The maximum absolute atomic E-state index is 11.4. The molecule has 0 aliphatic heterocycles. The Balaban J connectivity index is 3.27. The molecule has 0 unspecified atom stereocenters. The lowest BCUT2D eigenvalue weighted by Crippen LogP contribution is -2.25. The molecule has 1 N–H and O–H groups in total. The molecule has 0 heterocycles. The zero-order valence-corrected chi connectivity index (χ0v) is 16.0. The van der Waals surface area contributed by atoms with Crippen LogP contribution in [0.5, 0.6) is 5.75 Å². The number of aromatic hydroxyl groups is 1. The zero-order valence-electron chi connectivity index (χ0n) is 16.0. The van der Waals surface area contributed by atoms with Gasteiger partial charge in [-0.15, -0.1) is 0 Å². The first-order valence-electron chi connectivity index (χ1n) is 8.28. The minimum Gasteiger partial charge on any atom is -0.507 e. The van der Waals surface area contributed by atoms with Crippen molar-refractivity contribution in [3.05, 3.63) is 28.3 Å². The van der Waals surface area contributed by atoms with E-state index in [1.807, 2.05) is 13.8 Å². The summed E-state index contributed by atoms with van der Waals surface area (Å²) < 4.78 is 4.74. The average Bonchev–Trinajstić information content (AvgIpc) is 2.40. The number of ether oxygens (including phenoxy) is 1. The minimum absolute atomic E-state index is 0.138. The number of phenols is 1. The monoisotopic (exact) mass is 320 g/mol. The Kier molecular flexibility index (Phi) is 5.89. The molecule has 0 spiro atoms. The molecule has 130 valence electrons. The summed E-state index contributed by atoms with van der Waals surface area (Å²) in [7, 11) is 1.41. The molecule has 1 aromatic carbocycles. The number of hydrogen-bond acceptors (Lipinski definition) is 3. The Hall–Kier alpha value is -1.51. The van der Waals surface area contributed by atoms with Crippen molar-refractivity contribution in [2.75, 3.05) is 7.11 Å². The third-order valence-electron chi connectivity index (χ3n) is 4.50. The van der Waals surface area contributed by atoms with E-state index < -0.39 is 0 Å². The third-order valence-corrected chi connectivity index (χ3v) is 4.50.